The predicted octanol–water partition coefficient (Wildman–Crippen LogP) is 4.62. The van der Waals surface area contributed by atoms with Crippen LogP contribution in [0.15, 0.2) is 48.7 Å². The number of benzene rings is 2. The number of ether oxygens (including phenoxy) is 3. The van der Waals surface area contributed by atoms with Crippen molar-refractivity contribution < 1.29 is 19.0 Å². The van der Waals surface area contributed by atoms with E-state index < -0.39 is 5.41 Å². The second-order valence-corrected chi connectivity index (χ2v) is 10.2. The van der Waals surface area contributed by atoms with Crippen LogP contribution in [-0.2, 0) is 14.9 Å². The third kappa shape index (κ3) is 3.94. The Morgan fingerprint density at radius 3 is 2.71 bits per heavy atom. The van der Waals surface area contributed by atoms with E-state index in [1.807, 2.05) is 42.6 Å². The van der Waals surface area contributed by atoms with Gasteiger partial charge in [-0.1, -0.05) is 47.2 Å². The van der Waals surface area contributed by atoms with E-state index >= 15 is 0 Å². The lowest BCUT2D eigenvalue weighted by atomic mass is 9.94. The molecule has 6 rings (SSSR count). The lowest BCUT2D eigenvalue weighted by Gasteiger charge is -2.34. The van der Waals surface area contributed by atoms with E-state index in [-0.39, 0.29) is 18.7 Å². The summed E-state index contributed by atoms with van der Waals surface area (Å²) in [5.41, 5.74) is 1.44. The summed E-state index contributed by atoms with van der Waals surface area (Å²) >= 11 is 8.09. The van der Waals surface area contributed by atoms with Gasteiger partial charge in [-0.25, -0.2) is 4.98 Å². The summed E-state index contributed by atoms with van der Waals surface area (Å²) < 4.78 is 16.5. The number of hydrogen-bond donors (Lipinski definition) is 1. The molecule has 1 amide bonds. The summed E-state index contributed by atoms with van der Waals surface area (Å²) in [7, 11) is 0. The van der Waals surface area contributed by atoms with Crippen LogP contribution in [0, 0.1) is 0 Å². The number of nitrogens with zero attached hydrogens (tertiary/aromatic N) is 2. The van der Waals surface area contributed by atoms with Gasteiger partial charge in [-0.2, -0.15) is 0 Å². The molecule has 3 aliphatic rings. The zero-order chi connectivity index (χ0) is 23.1. The maximum absolute atomic E-state index is 13.3. The number of anilines is 1. The summed E-state index contributed by atoms with van der Waals surface area (Å²) in [5.74, 6) is 1.38. The number of halogens is 1. The molecule has 2 aromatic carbocycles. The van der Waals surface area contributed by atoms with Gasteiger partial charge in [0.05, 0.1) is 24.7 Å². The highest BCUT2D eigenvalue weighted by atomic mass is 35.5. The standard InChI is InChI=1S/C25H24ClN3O4S/c26-18-4-2-1-3-17(18)22(29-9-11-31-12-10-29)21-14-27-24(34-21)28-23(30)25(7-8-25)16-5-6-19-20(13-16)33-15-32-19/h1-6,13-14,22H,7-12,15H2,(H,27,28,30). The van der Waals surface area contributed by atoms with Gasteiger partial charge in [0.15, 0.2) is 16.6 Å². The molecule has 1 atom stereocenters. The van der Waals surface area contributed by atoms with Crippen molar-refractivity contribution in [3.8, 4) is 11.5 Å². The molecule has 0 bridgehead atoms. The minimum absolute atomic E-state index is 0.0343. The van der Waals surface area contributed by atoms with Crippen LogP contribution in [0.1, 0.15) is 34.9 Å². The van der Waals surface area contributed by atoms with Crippen LogP contribution in [0.3, 0.4) is 0 Å². The number of nitrogens with one attached hydrogen (secondary N) is 1. The first kappa shape index (κ1) is 21.9. The Morgan fingerprint density at radius 2 is 1.91 bits per heavy atom. The number of fused-ring (bicyclic) bond motifs is 1. The third-order valence-corrected chi connectivity index (χ3v) is 8.04. The highest BCUT2D eigenvalue weighted by Gasteiger charge is 2.52. The topological polar surface area (TPSA) is 72.9 Å². The van der Waals surface area contributed by atoms with E-state index in [1.165, 1.54) is 11.3 Å². The lowest BCUT2D eigenvalue weighted by Crippen LogP contribution is -2.39. The number of aromatic nitrogens is 1. The van der Waals surface area contributed by atoms with E-state index in [2.05, 4.69) is 21.3 Å². The van der Waals surface area contributed by atoms with Gasteiger partial charge >= 0.3 is 0 Å². The highest BCUT2D eigenvalue weighted by molar-refractivity contribution is 7.15. The number of hydrogen-bond acceptors (Lipinski definition) is 7. The first-order chi connectivity index (χ1) is 16.6. The third-order valence-electron chi connectivity index (χ3n) is 6.73. The second kappa shape index (κ2) is 8.85. The van der Waals surface area contributed by atoms with Crippen molar-refractivity contribution in [2.24, 2.45) is 0 Å². The van der Waals surface area contributed by atoms with Gasteiger partial charge in [0, 0.05) is 29.2 Å². The Hall–Kier alpha value is -2.65. The molecule has 34 heavy (non-hydrogen) atoms. The molecular weight excluding hydrogens is 474 g/mol. The Labute approximate surface area is 206 Å². The molecular formula is C25H24ClN3O4S. The van der Waals surface area contributed by atoms with Crippen LogP contribution in [0.25, 0.3) is 0 Å². The van der Waals surface area contributed by atoms with E-state index in [4.69, 9.17) is 25.8 Å². The molecule has 0 spiro atoms. The highest BCUT2D eigenvalue weighted by Crippen LogP contribution is 2.51. The fraction of sp³-hybridized carbons (Fsp3) is 0.360. The van der Waals surface area contributed by atoms with Crippen LogP contribution in [0.5, 0.6) is 11.5 Å². The van der Waals surface area contributed by atoms with Crippen molar-refractivity contribution in [1.29, 1.82) is 0 Å². The van der Waals surface area contributed by atoms with E-state index in [1.54, 1.807) is 0 Å². The number of carbonyl (C=O) groups is 1. The maximum Gasteiger partial charge on any atom is 0.236 e. The number of carbonyl (C=O) groups excluding carboxylic acids is 1. The zero-order valence-corrected chi connectivity index (χ0v) is 20.0. The number of rotatable bonds is 6. The summed E-state index contributed by atoms with van der Waals surface area (Å²) in [5, 5.41) is 4.39. The Morgan fingerprint density at radius 1 is 1.12 bits per heavy atom. The largest absolute Gasteiger partial charge is 0.454 e. The molecule has 1 aromatic heterocycles. The fourth-order valence-electron chi connectivity index (χ4n) is 4.72. The van der Waals surface area contributed by atoms with E-state index in [0.29, 0.717) is 24.1 Å². The Bertz CT molecular complexity index is 1220. The molecule has 3 heterocycles. The molecule has 2 fully saturated rings. The first-order valence-electron chi connectivity index (χ1n) is 11.4. The van der Waals surface area contributed by atoms with Crippen molar-refractivity contribution >= 4 is 34.0 Å². The Kier molecular flexibility index (Phi) is 5.69. The fourth-order valence-corrected chi connectivity index (χ4v) is 5.92. The number of thiazole rings is 1. The van der Waals surface area contributed by atoms with Crippen LogP contribution < -0.4 is 14.8 Å². The number of amides is 1. The summed E-state index contributed by atoms with van der Waals surface area (Å²) in [6.45, 7) is 3.20. The van der Waals surface area contributed by atoms with Crippen LogP contribution in [0.4, 0.5) is 5.13 Å². The maximum atomic E-state index is 13.3. The monoisotopic (exact) mass is 497 g/mol. The molecule has 1 N–H and O–H groups in total. The van der Waals surface area contributed by atoms with Gasteiger partial charge in [-0.15, -0.1) is 0 Å². The molecule has 9 heteroatoms. The van der Waals surface area contributed by atoms with Crippen LogP contribution in [0.2, 0.25) is 5.02 Å². The van der Waals surface area contributed by atoms with Crippen molar-refractivity contribution in [3.05, 3.63) is 69.7 Å². The Balaban J connectivity index is 1.25. The lowest BCUT2D eigenvalue weighted by molar-refractivity contribution is -0.118. The van der Waals surface area contributed by atoms with E-state index in [9.17, 15) is 4.79 Å². The van der Waals surface area contributed by atoms with Crippen molar-refractivity contribution in [2.45, 2.75) is 24.3 Å². The SMILES string of the molecule is O=C(Nc1ncc(C(c2ccccc2Cl)N2CCOCC2)s1)C1(c2ccc3c(c2)OCO3)CC1. The quantitative estimate of drug-likeness (QED) is 0.536. The number of morpholine rings is 1. The molecule has 176 valence electrons. The van der Waals surface area contributed by atoms with Gasteiger partial charge in [0.1, 0.15) is 0 Å². The minimum atomic E-state index is -0.542. The molecule has 0 radical (unpaired) electrons. The summed E-state index contributed by atoms with van der Waals surface area (Å²) in [4.78, 5) is 21.3. The molecule has 1 unspecified atom stereocenters. The van der Waals surface area contributed by atoms with Gasteiger partial charge in [-0.05, 0) is 42.2 Å². The van der Waals surface area contributed by atoms with Gasteiger partial charge in [-0.3, -0.25) is 9.69 Å². The smallest absolute Gasteiger partial charge is 0.236 e. The summed E-state index contributed by atoms with van der Waals surface area (Å²) in [6, 6.07) is 13.6. The molecule has 1 aliphatic carbocycles. The summed E-state index contributed by atoms with van der Waals surface area (Å²) in [6.07, 6.45) is 3.45. The molecule has 1 saturated carbocycles. The van der Waals surface area contributed by atoms with Crippen molar-refractivity contribution in [3.63, 3.8) is 0 Å². The molecule has 3 aromatic rings. The van der Waals surface area contributed by atoms with Crippen LogP contribution >= 0.6 is 22.9 Å². The van der Waals surface area contributed by atoms with E-state index in [0.717, 1.165) is 52.7 Å². The van der Waals surface area contributed by atoms with Gasteiger partial charge in [0.2, 0.25) is 12.7 Å². The average Bonchev–Trinajstić information content (AvgIpc) is 3.33. The van der Waals surface area contributed by atoms with Crippen molar-refractivity contribution in [2.75, 3.05) is 38.4 Å². The minimum Gasteiger partial charge on any atom is -0.454 e. The second-order valence-electron chi connectivity index (χ2n) is 8.74. The normalized spacial score (nSPS) is 19.6. The zero-order valence-electron chi connectivity index (χ0n) is 18.5. The van der Waals surface area contributed by atoms with Crippen LogP contribution in [-0.4, -0.2) is 48.9 Å². The molecule has 7 nitrogen and oxygen atoms in total. The van der Waals surface area contributed by atoms with Gasteiger partial charge in [0.25, 0.3) is 0 Å². The molecule has 1 saturated heterocycles. The first-order valence-corrected chi connectivity index (χ1v) is 12.6. The van der Waals surface area contributed by atoms with Crippen molar-refractivity contribution in [1.82, 2.24) is 9.88 Å². The van der Waals surface area contributed by atoms with Gasteiger partial charge < -0.3 is 19.5 Å². The average molecular weight is 498 g/mol. The molecule has 2 aliphatic heterocycles. The predicted molar refractivity (Wildman–Crippen MR) is 130 cm³/mol.